The molecule has 1 saturated carbocycles. The summed E-state index contributed by atoms with van der Waals surface area (Å²) in [6.07, 6.45) is 6.62. The van der Waals surface area contributed by atoms with E-state index in [4.69, 9.17) is 5.73 Å². The molecule has 0 unspecified atom stereocenters. The van der Waals surface area contributed by atoms with Crippen molar-refractivity contribution in [3.05, 3.63) is 23.8 Å². The van der Waals surface area contributed by atoms with Gasteiger partial charge in [-0.2, -0.15) is 0 Å². The third kappa shape index (κ3) is 2.93. The van der Waals surface area contributed by atoms with E-state index in [9.17, 15) is 0 Å². The Kier molecular flexibility index (Phi) is 3.93. The first-order valence-electron chi connectivity index (χ1n) is 6.82. The van der Waals surface area contributed by atoms with Crippen molar-refractivity contribution >= 4 is 11.4 Å². The molecule has 1 aliphatic carbocycles. The summed E-state index contributed by atoms with van der Waals surface area (Å²) < 4.78 is 0. The number of hydrogen-bond donors (Lipinski definition) is 2. The highest BCUT2D eigenvalue weighted by Crippen LogP contribution is 2.31. The molecule has 0 heterocycles. The quantitative estimate of drug-likeness (QED) is 0.774. The highest BCUT2D eigenvalue weighted by Gasteiger charge is 2.20. The minimum Gasteiger partial charge on any atom is -0.397 e. The third-order valence-electron chi connectivity index (χ3n) is 4.08. The molecule has 2 heteroatoms. The van der Waals surface area contributed by atoms with Crippen molar-refractivity contribution < 1.29 is 0 Å². The minimum atomic E-state index is 0.612. The molecule has 0 bridgehead atoms. The molecule has 2 rings (SSSR count). The van der Waals surface area contributed by atoms with Gasteiger partial charge in [0.1, 0.15) is 0 Å². The molecule has 0 spiro atoms. The van der Waals surface area contributed by atoms with Crippen LogP contribution in [0, 0.1) is 12.8 Å². The molecule has 1 aromatic carbocycles. The predicted molar refractivity (Wildman–Crippen MR) is 75.3 cm³/mol. The van der Waals surface area contributed by atoms with E-state index in [-0.39, 0.29) is 0 Å². The monoisotopic (exact) mass is 232 g/mol. The zero-order chi connectivity index (χ0) is 12.3. The fraction of sp³-hybridized carbons (Fsp3) is 0.600. The molecule has 0 aliphatic heterocycles. The molecule has 2 nitrogen and oxygen atoms in total. The lowest BCUT2D eigenvalue weighted by atomic mass is 9.84. The van der Waals surface area contributed by atoms with E-state index in [1.807, 2.05) is 12.1 Å². The lowest BCUT2D eigenvalue weighted by molar-refractivity contribution is 0.330. The largest absolute Gasteiger partial charge is 0.397 e. The average Bonchev–Trinajstić information content (AvgIpc) is 2.35. The normalized spacial score (nSPS) is 24.6. The topological polar surface area (TPSA) is 38.0 Å². The molecule has 3 N–H and O–H groups in total. The van der Waals surface area contributed by atoms with Crippen LogP contribution in [0.4, 0.5) is 11.4 Å². The number of aryl methyl sites for hydroxylation is 1. The standard InChI is InChI=1S/C15H24N2/c1-3-12-7-9-13(10-8-12)17-15-11(2)5-4-6-14(15)16/h4-6,12-13,17H,3,7-10,16H2,1-2H3. The van der Waals surface area contributed by atoms with E-state index in [0.717, 1.165) is 17.3 Å². The summed E-state index contributed by atoms with van der Waals surface area (Å²) in [6.45, 7) is 4.42. The van der Waals surface area contributed by atoms with Crippen molar-refractivity contribution in [2.45, 2.75) is 52.0 Å². The lowest BCUT2D eigenvalue weighted by Crippen LogP contribution is -2.26. The van der Waals surface area contributed by atoms with Gasteiger partial charge in [-0.15, -0.1) is 0 Å². The fourth-order valence-electron chi connectivity index (χ4n) is 2.81. The first kappa shape index (κ1) is 12.3. The van der Waals surface area contributed by atoms with Gasteiger partial charge in [0.05, 0.1) is 11.4 Å². The molecule has 0 aromatic heterocycles. The van der Waals surface area contributed by atoms with Crippen molar-refractivity contribution in [3.8, 4) is 0 Å². The van der Waals surface area contributed by atoms with Crippen LogP contribution >= 0.6 is 0 Å². The van der Waals surface area contributed by atoms with E-state index >= 15 is 0 Å². The zero-order valence-corrected chi connectivity index (χ0v) is 11.0. The summed E-state index contributed by atoms with van der Waals surface area (Å²) in [5.41, 5.74) is 9.31. The Bertz CT molecular complexity index is 345. The molecule has 17 heavy (non-hydrogen) atoms. The van der Waals surface area contributed by atoms with Crippen LogP contribution in [0.2, 0.25) is 0 Å². The highest BCUT2D eigenvalue weighted by atomic mass is 14.9. The van der Waals surface area contributed by atoms with Crippen LogP contribution in [0.5, 0.6) is 0 Å². The number of para-hydroxylation sites is 1. The number of nitrogens with two attached hydrogens (primary N) is 1. The number of anilines is 2. The summed E-state index contributed by atoms with van der Waals surface area (Å²) in [4.78, 5) is 0. The molecular formula is C15H24N2. The van der Waals surface area contributed by atoms with Gasteiger partial charge in [-0.3, -0.25) is 0 Å². The number of rotatable bonds is 3. The maximum absolute atomic E-state index is 6.03. The second-order valence-corrected chi connectivity index (χ2v) is 5.31. The summed E-state index contributed by atoms with van der Waals surface area (Å²) in [5, 5.41) is 3.64. The molecule has 94 valence electrons. The van der Waals surface area contributed by atoms with Gasteiger partial charge in [-0.05, 0) is 50.2 Å². The number of benzene rings is 1. The molecule has 1 aromatic rings. The van der Waals surface area contributed by atoms with Crippen LogP contribution < -0.4 is 11.1 Å². The SMILES string of the molecule is CCC1CCC(Nc2c(C)cccc2N)CC1. The summed E-state index contributed by atoms with van der Waals surface area (Å²) in [5.74, 6) is 0.947. The van der Waals surface area contributed by atoms with E-state index in [1.54, 1.807) is 0 Å². The zero-order valence-electron chi connectivity index (χ0n) is 11.0. The smallest absolute Gasteiger partial charge is 0.0605 e. The van der Waals surface area contributed by atoms with Crippen LogP contribution in [0.3, 0.4) is 0 Å². The van der Waals surface area contributed by atoms with E-state index in [2.05, 4.69) is 25.2 Å². The van der Waals surface area contributed by atoms with Crippen LogP contribution in [0.1, 0.15) is 44.6 Å². The van der Waals surface area contributed by atoms with Crippen molar-refractivity contribution in [1.29, 1.82) is 0 Å². The molecule has 0 atom stereocenters. The van der Waals surface area contributed by atoms with Crippen LogP contribution in [-0.2, 0) is 0 Å². The van der Waals surface area contributed by atoms with Gasteiger partial charge >= 0.3 is 0 Å². The van der Waals surface area contributed by atoms with E-state index in [1.165, 1.54) is 37.7 Å². The predicted octanol–water partition coefficient (Wildman–Crippen LogP) is 3.96. The molecular weight excluding hydrogens is 208 g/mol. The first-order valence-corrected chi connectivity index (χ1v) is 6.82. The molecule has 0 radical (unpaired) electrons. The highest BCUT2D eigenvalue weighted by molar-refractivity contribution is 5.70. The van der Waals surface area contributed by atoms with Crippen LogP contribution in [-0.4, -0.2) is 6.04 Å². The van der Waals surface area contributed by atoms with Gasteiger partial charge in [0, 0.05) is 6.04 Å². The molecule has 0 amide bonds. The third-order valence-corrected chi connectivity index (χ3v) is 4.08. The van der Waals surface area contributed by atoms with Gasteiger partial charge in [0.15, 0.2) is 0 Å². The van der Waals surface area contributed by atoms with E-state index < -0.39 is 0 Å². The van der Waals surface area contributed by atoms with Gasteiger partial charge in [0.25, 0.3) is 0 Å². The van der Waals surface area contributed by atoms with Crippen molar-refractivity contribution in [2.24, 2.45) is 5.92 Å². The van der Waals surface area contributed by atoms with Crippen molar-refractivity contribution in [2.75, 3.05) is 11.1 Å². The summed E-state index contributed by atoms with van der Waals surface area (Å²) in [7, 11) is 0. The lowest BCUT2D eigenvalue weighted by Gasteiger charge is -2.30. The summed E-state index contributed by atoms with van der Waals surface area (Å²) >= 11 is 0. The fourth-order valence-corrected chi connectivity index (χ4v) is 2.81. The molecule has 1 aliphatic rings. The Morgan fingerprint density at radius 2 is 1.94 bits per heavy atom. The molecule has 0 saturated heterocycles. The van der Waals surface area contributed by atoms with Crippen LogP contribution in [0.25, 0.3) is 0 Å². The van der Waals surface area contributed by atoms with Gasteiger partial charge in [-0.25, -0.2) is 0 Å². The van der Waals surface area contributed by atoms with Gasteiger partial charge in [-0.1, -0.05) is 25.5 Å². The second-order valence-electron chi connectivity index (χ2n) is 5.31. The number of hydrogen-bond acceptors (Lipinski definition) is 2. The average molecular weight is 232 g/mol. The number of nitrogens with one attached hydrogen (secondary N) is 1. The Morgan fingerprint density at radius 3 is 2.53 bits per heavy atom. The van der Waals surface area contributed by atoms with Gasteiger partial charge in [0.2, 0.25) is 0 Å². The maximum atomic E-state index is 6.03. The van der Waals surface area contributed by atoms with Crippen molar-refractivity contribution in [1.82, 2.24) is 0 Å². The second kappa shape index (κ2) is 5.44. The minimum absolute atomic E-state index is 0.612. The maximum Gasteiger partial charge on any atom is 0.0605 e. The Hall–Kier alpha value is -1.18. The van der Waals surface area contributed by atoms with Crippen molar-refractivity contribution in [3.63, 3.8) is 0 Å². The summed E-state index contributed by atoms with van der Waals surface area (Å²) in [6, 6.07) is 6.73. The Morgan fingerprint density at radius 1 is 1.24 bits per heavy atom. The van der Waals surface area contributed by atoms with E-state index in [0.29, 0.717) is 6.04 Å². The Balaban J connectivity index is 1.98. The number of nitrogen functional groups attached to an aromatic ring is 1. The molecule has 1 fully saturated rings. The Labute approximate surface area is 105 Å². The first-order chi connectivity index (χ1) is 8.20. The van der Waals surface area contributed by atoms with Crippen LogP contribution in [0.15, 0.2) is 18.2 Å². The van der Waals surface area contributed by atoms with Gasteiger partial charge < -0.3 is 11.1 Å².